The monoisotopic (exact) mass is 437 g/mol. The zero-order chi connectivity index (χ0) is 22.6. The molecule has 0 radical (unpaired) electrons. The summed E-state index contributed by atoms with van der Waals surface area (Å²) >= 11 is 0. The van der Waals surface area contributed by atoms with Gasteiger partial charge in [-0.1, -0.05) is 103 Å². The number of non-ortho nitro benzene ring substituents is 1. The number of nitrogens with zero attached hydrogens (tertiary/aromatic N) is 1. The highest BCUT2D eigenvalue weighted by Gasteiger charge is 2.12. The summed E-state index contributed by atoms with van der Waals surface area (Å²) in [6.07, 6.45) is 21.2. The first-order valence-electron chi connectivity index (χ1n) is 12.4. The minimum Gasteiger partial charge on any atom is -0.493 e. The van der Waals surface area contributed by atoms with E-state index in [9.17, 15) is 10.1 Å². The van der Waals surface area contributed by atoms with Gasteiger partial charge in [0.15, 0.2) is 0 Å². The lowest BCUT2D eigenvalue weighted by Gasteiger charge is -2.10. The van der Waals surface area contributed by atoms with Gasteiger partial charge in [-0.2, -0.15) is 0 Å². The third-order valence-corrected chi connectivity index (χ3v) is 5.73. The molecule has 0 unspecified atom stereocenters. The molecule has 0 aromatic heterocycles. The van der Waals surface area contributed by atoms with Gasteiger partial charge in [0.05, 0.1) is 11.5 Å². The molecule has 0 heterocycles. The summed E-state index contributed by atoms with van der Waals surface area (Å²) in [4.78, 5) is 14.5. The van der Waals surface area contributed by atoms with Crippen LogP contribution in [-0.4, -0.2) is 16.8 Å². The quantitative estimate of drug-likeness (QED) is 0.0906. The Morgan fingerprint density at radius 1 is 0.806 bits per heavy atom. The number of unbranched alkanes of at least 4 members (excludes halogenated alkanes) is 15. The van der Waals surface area contributed by atoms with Crippen molar-refractivity contribution in [1.82, 2.24) is 0 Å². The minimum atomic E-state index is -0.472. The smallest absolute Gasteiger partial charge is 0.270 e. The number of nitro benzene ring substituents is 1. The topological polar surface area (TPSA) is 81.8 Å². The maximum Gasteiger partial charge on any atom is 0.270 e. The largest absolute Gasteiger partial charge is 0.493 e. The predicted molar refractivity (Wildman–Crippen MR) is 126 cm³/mol. The van der Waals surface area contributed by atoms with Crippen molar-refractivity contribution in [2.24, 2.45) is 0 Å². The van der Waals surface area contributed by atoms with Crippen molar-refractivity contribution in [3.05, 3.63) is 33.9 Å². The number of nitro groups is 1. The van der Waals surface area contributed by atoms with E-state index in [0.29, 0.717) is 17.9 Å². The first-order valence-corrected chi connectivity index (χ1v) is 12.4. The van der Waals surface area contributed by atoms with Crippen LogP contribution < -0.4 is 4.74 Å². The van der Waals surface area contributed by atoms with E-state index < -0.39 is 4.92 Å². The fourth-order valence-electron chi connectivity index (χ4n) is 3.83. The second-order valence-corrected chi connectivity index (χ2v) is 8.47. The third-order valence-electron chi connectivity index (χ3n) is 5.73. The van der Waals surface area contributed by atoms with Crippen LogP contribution in [0.4, 0.5) is 5.69 Å². The molecule has 178 valence electrons. The van der Waals surface area contributed by atoms with E-state index in [-0.39, 0.29) is 12.3 Å². The third kappa shape index (κ3) is 14.1. The van der Waals surface area contributed by atoms with E-state index >= 15 is 0 Å². The minimum absolute atomic E-state index is 0.0400. The molecule has 31 heavy (non-hydrogen) atoms. The number of benzene rings is 1. The Balaban J connectivity index is 1.95. The summed E-state index contributed by atoms with van der Waals surface area (Å²) in [5.41, 5.74) is 0.440. The lowest BCUT2D eigenvalue weighted by molar-refractivity contribution is -0.385. The van der Waals surface area contributed by atoms with Crippen LogP contribution in [0.1, 0.15) is 115 Å². The molecule has 1 aromatic rings. The van der Waals surface area contributed by atoms with Crippen LogP contribution in [0.3, 0.4) is 0 Å². The molecule has 0 saturated heterocycles. The van der Waals surface area contributed by atoms with Crippen molar-refractivity contribution in [1.29, 1.82) is 0 Å². The second-order valence-electron chi connectivity index (χ2n) is 8.47. The molecular formula is C25H43NO5. The molecular weight excluding hydrogens is 394 g/mol. The molecule has 0 aliphatic rings. The highest BCUT2D eigenvalue weighted by Crippen LogP contribution is 2.25. The fraction of sp³-hybridized carbons (Fsp3) is 0.760. The first kappa shape index (κ1) is 27.4. The molecule has 1 rings (SSSR count). The van der Waals surface area contributed by atoms with Crippen molar-refractivity contribution < 1.29 is 19.8 Å². The number of rotatable bonds is 21. The van der Waals surface area contributed by atoms with E-state index in [1.54, 1.807) is 6.07 Å². The van der Waals surface area contributed by atoms with Gasteiger partial charge in [0.25, 0.3) is 5.69 Å². The van der Waals surface area contributed by atoms with Crippen molar-refractivity contribution in [2.75, 3.05) is 6.61 Å². The molecule has 1 aromatic carbocycles. The number of hydrogen-bond acceptors (Lipinski definition) is 5. The molecule has 0 amide bonds. The van der Waals surface area contributed by atoms with Crippen molar-refractivity contribution in [3.63, 3.8) is 0 Å². The van der Waals surface area contributed by atoms with Gasteiger partial charge >= 0.3 is 0 Å². The van der Waals surface area contributed by atoms with Gasteiger partial charge in [0.1, 0.15) is 12.4 Å². The Bertz CT molecular complexity index is 579. The summed E-state index contributed by atoms with van der Waals surface area (Å²) in [6, 6.07) is 4.35. The van der Waals surface area contributed by atoms with Crippen LogP contribution in [0.15, 0.2) is 18.2 Å². The van der Waals surface area contributed by atoms with Gasteiger partial charge in [-0.15, -0.1) is 0 Å². The van der Waals surface area contributed by atoms with Gasteiger partial charge in [0.2, 0.25) is 0 Å². The zero-order valence-electron chi connectivity index (χ0n) is 19.5. The van der Waals surface area contributed by atoms with E-state index in [4.69, 9.17) is 9.99 Å². The molecule has 0 atom stereocenters. The standard InChI is InChI=1S/C25H43NO5/c1-2-3-4-5-6-7-8-9-10-11-12-13-14-15-16-17-20-30-25-19-18-24(26(27)28)21-23(25)22-31-29/h18-19,21,29H,2-17,20,22H2,1H3. The maximum absolute atomic E-state index is 10.9. The van der Waals surface area contributed by atoms with Crippen LogP contribution in [0, 0.1) is 10.1 Å². The average molecular weight is 438 g/mol. The van der Waals surface area contributed by atoms with Crippen molar-refractivity contribution in [3.8, 4) is 5.75 Å². The first-order chi connectivity index (χ1) is 15.2. The summed E-state index contributed by atoms with van der Waals surface area (Å²) in [6.45, 7) is 2.70. The van der Waals surface area contributed by atoms with Crippen molar-refractivity contribution in [2.45, 2.75) is 116 Å². The van der Waals surface area contributed by atoms with Crippen LogP contribution in [0.2, 0.25) is 0 Å². The molecule has 0 spiro atoms. The van der Waals surface area contributed by atoms with Crippen LogP contribution in [-0.2, 0) is 11.5 Å². The molecule has 0 fully saturated rings. The molecule has 6 heteroatoms. The van der Waals surface area contributed by atoms with Gasteiger partial charge in [-0.3, -0.25) is 15.4 Å². The molecule has 0 bridgehead atoms. The van der Waals surface area contributed by atoms with E-state index in [2.05, 4.69) is 11.8 Å². The van der Waals surface area contributed by atoms with E-state index in [1.165, 1.54) is 102 Å². The highest BCUT2D eigenvalue weighted by molar-refractivity contribution is 5.43. The Morgan fingerprint density at radius 2 is 1.29 bits per heavy atom. The second kappa shape index (κ2) is 19.1. The SMILES string of the molecule is CCCCCCCCCCCCCCCCCCOc1ccc([N+](=O)[O-])cc1COO. The zero-order valence-corrected chi connectivity index (χ0v) is 19.5. The average Bonchev–Trinajstić information content (AvgIpc) is 2.76. The summed E-state index contributed by atoms with van der Waals surface area (Å²) < 4.78 is 5.73. The summed E-state index contributed by atoms with van der Waals surface area (Å²) in [5, 5.41) is 19.5. The fourth-order valence-corrected chi connectivity index (χ4v) is 3.83. The molecule has 0 aliphatic carbocycles. The van der Waals surface area contributed by atoms with Crippen LogP contribution in [0.5, 0.6) is 5.75 Å². The lowest BCUT2D eigenvalue weighted by atomic mass is 10.0. The highest BCUT2D eigenvalue weighted by atomic mass is 17.1. The summed E-state index contributed by atoms with van der Waals surface area (Å²) in [5.74, 6) is 0.528. The van der Waals surface area contributed by atoms with Gasteiger partial charge in [0, 0.05) is 17.7 Å². The Morgan fingerprint density at radius 3 is 1.74 bits per heavy atom. The van der Waals surface area contributed by atoms with Crippen molar-refractivity contribution >= 4 is 5.69 Å². The molecule has 1 N–H and O–H groups in total. The predicted octanol–water partition coefficient (Wildman–Crippen LogP) is 8.22. The Labute approximate surface area is 188 Å². The van der Waals surface area contributed by atoms with E-state index in [1.807, 2.05) is 0 Å². The normalized spacial score (nSPS) is 11.0. The Hall–Kier alpha value is -1.66. The lowest BCUT2D eigenvalue weighted by Crippen LogP contribution is -2.02. The summed E-state index contributed by atoms with van der Waals surface area (Å²) in [7, 11) is 0. The van der Waals surface area contributed by atoms with Gasteiger partial charge < -0.3 is 4.74 Å². The van der Waals surface area contributed by atoms with Crippen LogP contribution in [0.25, 0.3) is 0 Å². The van der Waals surface area contributed by atoms with Gasteiger partial charge in [-0.05, 0) is 12.5 Å². The number of ether oxygens (including phenoxy) is 1. The molecule has 0 aliphatic heterocycles. The maximum atomic E-state index is 10.9. The van der Waals surface area contributed by atoms with Crippen LogP contribution >= 0.6 is 0 Å². The number of hydrogen-bond donors (Lipinski definition) is 1. The Kier molecular flexibility index (Phi) is 16.8. The van der Waals surface area contributed by atoms with Gasteiger partial charge in [-0.25, -0.2) is 4.89 Å². The molecule has 0 saturated carbocycles. The van der Waals surface area contributed by atoms with E-state index in [0.717, 1.165) is 12.8 Å². The molecule has 6 nitrogen and oxygen atoms in total.